The molecule has 2 aromatic carbocycles. The van der Waals surface area contributed by atoms with Crippen molar-refractivity contribution in [3.05, 3.63) is 54.1 Å². The standard InChI is InChI=1S/C16H16F3NO/c17-16(18,19)21-15-9-7-14(8-10-15)13-5-3-12(4-6-13)2-1-11-20/h3-10H,1-2,11,20H2. The molecule has 0 aliphatic rings. The van der Waals surface area contributed by atoms with Crippen molar-refractivity contribution in [2.24, 2.45) is 5.73 Å². The van der Waals surface area contributed by atoms with E-state index in [0.29, 0.717) is 6.54 Å². The van der Waals surface area contributed by atoms with Crippen LogP contribution in [-0.4, -0.2) is 12.9 Å². The van der Waals surface area contributed by atoms with E-state index in [0.717, 1.165) is 24.0 Å². The van der Waals surface area contributed by atoms with E-state index in [1.165, 1.54) is 17.7 Å². The quantitative estimate of drug-likeness (QED) is 0.899. The van der Waals surface area contributed by atoms with Crippen molar-refractivity contribution >= 4 is 0 Å². The smallest absolute Gasteiger partial charge is 0.406 e. The van der Waals surface area contributed by atoms with Gasteiger partial charge in [0.15, 0.2) is 0 Å². The van der Waals surface area contributed by atoms with Crippen LogP contribution in [0.2, 0.25) is 0 Å². The van der Waals surface area contributed by atoms with Crippen molar-refractivity contribution in [2.75, 3.05) is 6.54 Å². The highest BCUT2D eigenvalue weighted by Gasteiger charge is 2.30. The minimum Gasteiger partial charge on any atom is -0.406 e. The average Bonchev–Trinajstić information content (AvgIpc) is 2.45. The molecule has 0 atom stereocenters. The Kier molecular flexibility index (Phi) is 4.85. The maximum absolute atomic E-state index is 12.1. The summed E-state index contributed by atoms with van der Waals surface area (Å²) in [6.45, 7) is 0.655. The molecule has 0 saturated heterocycles. The molecule has 0 aromatic heterocycles. The molecule has 21 heavy (non-hydrogen) atoms. The summed E-state index contributed by atoms with van der Waals surface area (Å²) < 4.78 is 40.1. The minimum atomic E-state index is -4.66. The molecule has 112 valence electrons. The lowest BCUT2D eigenvalue weighted by molar-refractivity contribution is -0.274. The summed E-state index contributed by atoms with van der Waals surface area (Å²) >= 11 is 0. The van der Waals surface area contributed by atoms with Gasteiger partial charge >= 0.3 is 6.36 Å². The Labute approximate surface area is 121 Å². The SMILES string of the molecule is NCCCc1ccc(-c2ccc(OC(F)(F)F)cc2)cc1. The summed E-state index contributed by atoms with van der Waals surface area (Å²) in [5.41, 5.74) is 8.45. The minimum absolute atomic E-state index is 0.217. The van der Waals surface area contributed by atoms with E-state index in [2.05, 4.69) is 4.74 Å². The van der Waals surface area contributed by atoms with Crippen LogP contribution in [0.15, 0.2) is 48.5 Å². The van der Waals surface area contributed by atoms with Gasteiger partial charge in [0.25, 0.3) is 0 Å². The molecule has 0 spiro atoms. The third kappa shape index (κ3) is 4.79. The topological polar surface area (TPSA) is 35.2 Å². The molecule has 0 heterocycles. The molecule has 0 amide bonds. The number of aryl methyl sites for hydroxylation is 1. The molecule has 0 bridgehead atoms. The van der Waals surface area contributed by atoms with Crippen molar-refractivity contribution in [3.8, 4) is 16.9 Å². The highest BCUT2D eigenvalue weighted by atomic mass is 19.4. The third-order valence-corrected chi connectivity index (χ3v) is 3.04. The second-order valence-corrected chi connectivity index (χ2v) is 4.66. The van der Waals surface area contributed by atoms with Crippen molar-refractivity contribution in [1.82, 2.24) is 0 Å². The fourth-order valence-electron chi connectivity index (χ4n) is 2.02. The number of alkyl halides is 3. The molecule has 0 saturated carbocycles. The van der Waals surface area contributed by atoms with Gasteiger partial charge in [0, 0.05) is 0 Å². The van der Waals surface area contributed by atoms with Crippen molar-refractivity contribution in [2.45, 2.75) is 19.2 Å². The van der Waals surface area contributed by atoms with E-state index < -0.39 is 6.36 Å². The van der Waals surface area contributed by atoms with Gasteiger partial charge in [-0.05, 0) is 48.2 Å². The summed E-state index contributed by atoms with van der Waals surface area (Å²) in [7, 11) is 0. The van der Waals surface area contributed by atoms with Gasteiger partial charge in [-0.25, -0.2) is 0 Å². The summed E-state index contributed by atoms with van der Waals surface area (Å²) in [6, 6.07) is 13.7. The number of hydrogen-bond acceptors (Lipinski definition) is 2. The van der Waals surface area contributed by atoms with Gasteiger partial charge in [-0.15, -0.1) is 13.2 Å². The largest absolute Gasteiger partial charge is 0.573 e. The number of halogens is 3. The zero-order valence-corrected chi connectivity index (χ0v) is 11.4. The molecular weight excluding hydrogens is 279 g/mol. The highest BCUT2D eigenvalue weighted by molar-refractivity contribution is 5.64. The molecule has 2 rings (SSSR count). The first kappa shape index (κ1) is 15.4. The van der Waals surface area contributed by atoms with Gasteiger partial charge < -0.3 is 10.5 Å². The molecule has 5 heteroatoms. The number of nitrogens with two attached hydrogens (primary N) is 1. The van der Waals surface area contributed by atoms with Gasteiger partial charge in [0.05, 0.1) is 0 Å². The van der Waals surface area contributed by atoms with E-state index in [4.69, 9.17) is 5.73 Å². The van der Waals surface area contributed by atoms with Gasteiger partial charge in [0.2, 0.25) is 0 Å². The molecule has 0 radical (unpaired) electrons. The molecule has 0 aliphatic heterocycles. The molecule has 0 unspecified atom stereocenters. The molecule has 0 aliphatic carbocycles. The fraction of sp³-hybridized carbons (Fsp3) is 0.250. The predicted octanol–water partition coefficient (Wildman–Crippen LogP) is 4.14. The molecule has 2 N–H and O–H groups in total. The number of hydrogen-bond donors (Lipinski definition) is 1. The highest BCUT2D eigenvalue weighted by Crippen LogP contribution is 2.26. The zero-order chi connectivity index (χ0) is 15.3. The van der Waals surface area contributed by atoms with Crippen LogP contribution in [0.4, 0.5) is 13.2 Å². The van der Waals surface area contributed by atoms with Crippen LogP contribution >= 0.6 is 0 Å². The Hall–Kier alpha value is -2.01. The van der Waals surface area contributed by atoms with Crippen LogP contribution in [0.1, 0.15) is 12.0 Å². The summed E-state index contributed by atoms with van der Waals surface area (Å²) in [6.07, 6.45) is -2.80. The van der Waals surface area contributed by atoms with Crippen molar-refractivity contribution in [1.29, 1.82) is 0 Å². The van der Waals surface area contributed by atoms with Crippen LogP contribution in [-0.2, 0) is 6.42 Å². The van der Waals surface area contributed by atoms with Gasteiger partial charge in [-0.2, -0.15) is 0 Å². The molecular formula is C16H16F3NO. The van der Waals surface area contributed by atoms with Crippen molar-refractivity contribution in [3.63, 3.8) is 0 Å². The maximum Gasteiger partial charge on any atom is 0.573 e. The monoisotopic (exact) mass is 295 g/mol. The Morgan fingerprint density at radius 3 is 1.86 bits per heavy atom. The van der Waals surface area contributed by atoms with Crippen LogP contribution in [0.3, 0.4) is 0 Å². The van der Waals surface area contributed by atoms with Crippen LogP contribution in [0.25, 0.3) is 11.1 Å². The molecule has 2 nitrogen and oxygen atoms in total. The zero-order valence-electron chi connectivity index (χ0n) is 11.4. The van der Waals surface area contributed by atoms with Gasteiger partial charge in [-0.1, -0.05) is 36.4 Å². The van der Waals surface area contributed by atoms with Gasteiger partial charge in [0.1, 0.15) is 5.75 Å². The number of ether oxygens (including phenoxy) is 1. The molecule has 2 aromatic rings. The second-order valence-electron chi connectivity index (χ2n) is 4.66. The van der Waals surface area contributed by atoms with E-state index >= 15 is 0 Å². The average molecular weight is 295 g/mol. The third-order valence-electron chi connectivity index (χ3n) is 3.04. The number of rotatable bonds is 5. The lowest BCUT2D eigenvalue weighted by Crippen LogP contribution is -2.16. The van der Waals surface area contributed by atoms with Crippen molar-refractivity contribution < 1.29 is 17.9 Å². The predicted molar refractivity (Wildman–Crippen MR) is 75.9 cm³/mol. The van der Waals surface area contributed by atoms with Crippen LogP contribution in [0.5, 0.6) is 5.75 Å². The first-order chi connectivity index (χ1) is 9.98. The van der Waals surface area contributed by atoms with Gasteiger partial charge in [-0.3, -0.25) is 0 Å². The summed E-state index contributed by atoms with van der Waals surface area (Å²) in [5, 5.41) is 0. The Balaban J connectivity index is 2.08. The normalized spacial score (nSPS) is 11.4. The van der Waals surface area contributed by atoms with Crippen LogP contribution < -0.4 is 10.5 Å². The van der Waals surface area contributed by atoms with E-state index in [9.17, 15) is 13.2 Å². The van der Waals surface area contributed by atoms with E-state index in [1.54, 1.807) is 12.1 Å². The Bertz CT molecular complexity index is 562. The lowest BCUT2D eigenvalue weighted by Gasteiger charge is -2.09. The number of benzene rings is 2. The summed E-state index contributed by atoms with van der Waals surface area (Å²) in [5.74, 6) is -0.217. The molecule has 0 fully saturated rings. The first-order valence-electron chi connectivity index (χ1n) is 6.63. The van der Waals surface area contributed by atoms with E-state index in [1.807, 2.05) is 24.3 Å². The van der Waals surface area contributed by atoms with E-state index in [-0.39, 0.29) is 5.75 Å². The van der Waals surface area contributed by atoms with Crippen LogP contribution in [0, 0.1) is 0 Å². The maximum atomic E-state index is 12.1. The fourth-order valence-corrected chi connectivity index (χ4v) is 2.02. The summed E-state index contributed by atoms with van der Waals surface area (Å²) in [4.78, 5) is 0. The Morgan fingerprint density at radius 2 is 1.38 bits per heavy atom. The lowest BCUT2D eigenvalue weighted by atomic mass is 10.0. The second kappa shape index (κ2) is 6.63. The first-order valence-corrected chi connectivity index (χ1v) is 6.63. The Morgan fingerprint density at radius 1 is 0.857 bits per heavy atom.